The molecule has 1 heterocycles. The van der Waals surface area contributed by atoms with E-state index >= 15 is 0 Å². The van der Waals surface area contributed by atoms with Gasteiger partial charge in [0.25, 0.3) is 0 Å². The lowest BCUT2D eigenvalue weighted by Crippen LogP contribution is -2.58. The van der Waals surface area contributed by atoms with Gasteiger partial charge in [0.2, 0.25) is 0 Å². The molecule has 1 aliphatic heterocycles. The number of aliphatic hydroxyl groups excluding tert-OH is 4. The van der Waals surface area contributed by atoms with Crippen LogP contribution in [0.15, 0.2) is 0 Å². The van der Waals surface area contributed by atoms with Crippen molar-refractivity contribution in [2.75, 3.05) is 13.2 Å². The molecule has 0 radical (unpaired) electrons. The van der Waals surface area contributed by atoms with E-state index in [0.29, 0.717) is 6.42 Å². The van der Waals surface area contributed by atoms with Crippen LogP contribution in [-0.2, 0) is 4.74 Å². The molecule has 0 aliphatic carbocycles. The Labute approximate surface area is 81.9 Å². The number of aliphatic hydroxyl groups is 4. The molecule has 5 atom stereocenters. The Morgan fingerprint density at radius 3 is 2.64 bits per heavy atom. The van der Waals surface area contributed by atoms with Crippen LogP contribution in [0.3, 0.4) is 0 Å². The third kappa shape index (κ3) is 2.41. The third-order valence-electron chi connectivity index (χ3n) is 2.47. The predicted molar refractivity (Wildman–Crippen MR) is 47.4 cm³/mol. The van der Waals surface area contributed by atoms with Crippen molar-refractivity contribution >= 4 is 0 Å². The van der Waals surface area contributed by atoms with Crippen molar-refractivity contribution < 1.29 is 25.2 Å². The molecule has 0 aromatic rings. The Bertz CT molecular complexity index is 179. The average Bonchev–Trinajstić information content (AvgIpc) is 2.20. The van der Waals surface area contributed by atoms with Gasteiger partial charge in [-0.05, 0) is 6.42 Å². The molecule has 3 unspecified atom stereocenters. The average molecular weight is 207 g/mol. The van der Waals surface area contributed by atoms with Crippen LogP contribution >= 0.6 is 0 Å². The van der Waals surface area contributed by atoms with Crippen molar-refractivity contribution in [2.24, 2.45) is 5.73 Å². The van der Waals surface area contributed by atoms with Crippen LogP contribution in [0.5, 0.6) is 0 Å². The highest BCUT2D eigenvalue weighted by Crippen LogP contribution is 2.17. The first-order valence-electron chi connectivity index (χ1n) is 4.60. The summed E-state index contributed by atoms with van der Waals surface area (Å²) in [6.45, 7) is -0.279. The molecule has 6 N–H and O–H groups in total. The Morgan fingerprint density at radius 2 is 2.07 bits per heavy atom. The fourth-order valence-electron chi connectivity index (χ4n) is 1.50. The normalized spacial score (nSPS) is 37.9. The van der Waals surface area contributed by atoms with E-state index in [4.69, 9.17) is 20.7 Å². The maximum atomic E-state index is 9.50. The van der Waals surface area contributed by atoms with E-state index in [-0.39, 0.29) is 6.61 Å². The SMILES string of the molecule is NC1C(O)CCOC1[C@H](O)[C@H](O)CO. The van der Waals surface area contributed by atoms with Crippen molar-refractivity contribution in [2.45, 2.75) is 36.9 Å². The zero-order valence-corrected chi connectivity index (χ0v) is 7.78. The summed E-state index contributed by atoms with van der Waals surface area (Å²) in [5, 5.41) is 36.7. The summed E-state index contributed by atoms with van der Waals surface area (Å²) in [5.74, 6) is 0. The molecular weight excluding hydrogens is 190 g/mol. The van der Waals surface area contributed by atoms with E-state index in [1.165, 1.54) is 0 Å². The van der Waals surface area contributed by atoms with Gasteiger partial charge in [0, 0.05) is 6.61 Å². The number of ether oxygens (including phenoxy) is 1. The Kier molecular flexibility index (Phi) is 4.24. The van der Waals surface area contributed by atoms with Crippen molar-refractivity contribution in [3.05, 3.63) is 0 Å². The van der Waals surface area contributed by atoms with Gasteiger partial charge in [-0.3, -0.25) is 0 Å². The number of rotatable bonds is 3. The lowest BCUT2D eigenvalue weighted by Gasteiger charge is -2.36. The van der Waals surface area contributed by atoms with Crippen LogP contribution < -0.4 is 5.73 Å². The van der Waals surface area contributed by atoms with E-state index in [9.17, 15) is 10.2 Å². The van der Waals surface area contributed by atoms with Crippen LogP contribution in [0.4, 0.5) is 0 Å². The second-order valence-electron chi connectivity index (χ2n) is 3.51. The summed E-state index contributed by atoms with van der Waals surface area (Å²) < 4.78 is 5.14. The second-order valence-corrected chi connectivity index (χ2v) is 3.51. The van der Waals surface area contributed by atoms with Gasteiger partial charge in [-0.2, -0.15) is 0 Å². The highest BCUT2D eigenvalue weighted by Gasteiger charge is 2.37. The van der Waals surface area contributed by atoms with E-state index < -0.39 is 37.1 Å². The number of hydrogen-bond donors (Lipinski definition) is 5. The van der Waals surface area contributed by atoms with Crippen LogP contribution in [-0.4, -0.2) is 64.1 Å². The van der Waals surface area contributed by atoms with Crippen LogP contribution in [0.25, 0.3) is 0 Å². The quantitative estimate of drug-likeness (QED) is 0.341. The van der Waals surface area contributed by atoms with Crippen molar-refractivity contribution in [1.29, 1.82) is 0 Å². The van der Waals surface area contributed by atoms with Crippen LogP contribution in [0, 0.1) is 0 Å². The van der Waals surface area contributed by atoms with Gasteiger partial charge >= 0.3 is 0 Å². The molecule has 1 fully saturated rings. The van der Waals surface area contributed by atoms with E-state index in [0.717, 1.165) is 0 Å². The first-order chi connectivity index (χ1) is 6.57. The van der Waals surface area contributed by atoms with Gasteiger partial charge in [0.1, 0.15) is 18.3 Å². The fraction of sp³-hybridized carbons (Fsp3) is 1.00. The van der Waals surface area contributed by atoms with Crippen molar-refractivity contribution in [1.82, 2.24) is 0 Å². The summed E-state index contributed by atoms with van der Waals surface area (Å²) >= 11 is 0. The van der Waals surface area contributed by atoms with Gasteiger partial charge in [-0.1, -0.05) is 0 Å². The molecule has 6 nitrogen and oxygen atoms in total. The third-order valence-corrected chi connectivity index (χ3v) is 2.47. The highest BCUT2D eigenvalue weighted by atomic mass is 16.5. The van der Waals surface area contributed by atoms with Gasteiger partial charge in [0.05, 0.1) is 18.8 Å². The molecule has 6 heteroatoms. The minimum Gasteiger partial charge on any atom is -0.394 e. The highest BCUT2D eigenvalue weighted by molar-refractivity contribution is 4.91. The van der Waals surface area contributed by atoms with Gasteiger partial charge in [-0.25, -0.2) is 0 Å². The Hall–Kier alpha value is -0.240. The largest absolute Gasteiger partial charge is 0.394 e. The molecule has 0 aromatic carbocycles. The zero-order chi connectivity index (χ0) is 10.7. The molecular formula is C8H17NO5. The van der Waals surface area contributed by atoms with Crippen LogP contribution in [0.2, 0.25) is 0 Å². The van der Waals surface area contributed by atoms with Crippen molar-refractivity contribution in [3.8, 4) is 0 Å². The summed E-state index contributed by atoms with van der Waals surface area (Å²) in [6.07, 6.45) is -3.73. The fourth-order valence-corrected chi connectivity index (χ4v) is 1.50. The van der Waals surface area contributed by atoms with Gasteiger partial charge in [0.15, 0.2) is 0 Å². The summed E-state index contributed by atoms with van der Waals surface area (Å²) in [5.41, 5.74) is 5.59. The lowest BCUT2D eigenvalue weighted by molar-refractivity contribution is -0.145. The van der Waals surface area contributed by atoms with E-state index in [1.807, 2.05) is 0 Å². The molecule has 0 saturated carbocycles. The predicted octanol–water partition coefficient (Wildman–Crippen LogP) is -2.82. The first-order valence-corrected chi connectivity index (χ1v) is 4.60. The Balaban J connectivity index is 2.57. The molecule has 0 aromatic heterocycles. The smallest absolute Gasteiger partial charge is 0.110 e. The van der Waals surface area contributed by atoms with Crippen molar-refractivity contribution in [3.63, 3.8) is 0 Å². The minimum absolute atomic E-state index is 0.286. The zero-order valence-electron chi connectivity index (χ0n) is 7.78. The second kappa shape index (κ2) is 5.01. The van der Waals surface area contributed by atoms with Gasteiger partial charge < -0.3 is 30.9 Å². The Morgan fingerprint density at radius 1 is 1.43 bits per heavy atom. The van der Waals surface area contributed by atoms with Crippen LogP contribution in [0.1, 0.15) is 6.42 Å². The molecule has 1 saturated heterocycles. The maximum absolute atomic E-state index is 9.50. The standard InChI is InChI=1S/C8H17NO5/c9-6-4(11)1-2-14-8(6)7(13)5(12)3-10/h4-8,10-13H,1-3,9H2/t4?,5-,6?,7-,8?/m1/s1. The molecule has 1 aliphatic rings. The lowest BCUT2D eigenvalue weighted by atomic mass is 9.94. The first kappa shape index (κ1) is 11.8. The van der Waals surface area contributed by atoms with E-state index in [2.05, 4.69) is 0 Å². The summed E-state index contributed by atoms with van der Waals surface area (Å²) in [4.78, 5) is 0. The monoisotopic (exact) mass is 207 g/mol. The summed E-state index contributed by atoms with van der Waals surface area (Å²) in [7, 11) is 0. The molecule has 0 amide bonds. The number of hydrogen-bond acceptors (Lipinski definition) is 6. The topological polar surface area (TPSA) is 116 Å². The van der Waals surface area contributed by atoms with Gasteiger partial charge in [-0.15, -0.1) is 0 Å². The minimum atomic E-state index is -1.30. The molecule has 14 heavy (non-hydrogen) atoms. The molecule has 0 spiro atoms. The molecule has 0 bridgehead atoms. The number of nitrogens with two attached hydrogens (primary N) is 1. The molecule has 84 valence electrons. The molecule has 1 rings (SSSR count). The van der Waals surface area contributed by atoms with E-state index in [1.54, 1.807) is 0 Å². The summed E-state index contributed by atoms with van der Waals surface area (Å²) in [6, 6.07) is -0.736. The maximum Gasteiger partial charge on any atom is 0.110 e.